The van der Waals surface area contributed by atoms with E-state index in [4.69, 9.17) is 5.11 Å². The van der Waals surface area contributed by atoms with Gasteiger partial charge in [-0.05, 0) is 19.9 Å². The van der Waals surface area contributed by atoms with Gasteiger partial charge in [-0.2, -0.15) is 0 Å². The number of aliphatic carboxylic acids is 1. The molecular formula is C12H23ClN2O3. The first-order valence-electron chi connectivity index (χ1n) is 6.28. The first-order valence-corrected chi connectivity index (χ1v) is 6.28. The van der Waals surface area contributed by atoms with Crippen molar-refractivity contribution in [3.8, 4) is 0 Å². The lowest BCUT2D eigenvalue weighted by molar-refractivity contribution is -0.138. The zero-order chi connectivity index (χ0) is 12.7. The topological polar surface area (TPSA) is 69.6 Å². The van der Waals surface area contributed by atoms with Crippen molar-refractivity contribution in [2.24, 2.45) is 0 Å². The van der Waals surface area contributed by atoms with Gasteiger partial charge in [0.1, 0.15) is 6.54 Å². The molecule has 106 valence electrons. The van der Waals surface area contributed by atoms with Crippen molar-refractivity contribution in [1.82, 2.24) is 10.2 Å². The fraction of sp³-hybridized carbons (Fsp3) is 0.833. The number of carbonyl (C=O) groups is 2. The second-order valence-corrected chi connectivity index (χ2v) is 4.73. The van der Waals surface area contributed by atoms with Gasteiger partial charge in [-0.15, -0.1) is 12.4 Å². The van der Waals surface area contributed by atoms with E-state index in [9.17, 15) is 9.59 Å². The summed E-state index contributed by atoms with van der Waals surface area (Å²) in [6, 6.07) is 0.466. The van der Waals surface area contributed by atoms with Crippen molar-refractivity contribution >= 4 is 24.3 Å². The molecule has 0 radical (unpaired) electrons. The highest BCUT2D eigenvalue weighted by Crippen LogP contribution is 2.20. The summed E-state index contributed by atoms with van der Waals surface area (Å²) in [6.45, 7) is -0.00468. The molecule has 0 spiro atoms. The molecule has 0 aliphatic heterocycles. The van der Waals surface area contributed by atoms with E-state index in [1.54, 1.807) is 0 Å². The van der Waals surface area contributed by atoms with Gasteiger partial charge in [0.15, 0.2) is 0 Å². The number of hydrogen-bond acceptors (Lipinski definition) is 3. The summed E-state index contributed by atoms with van der Waals surface area (Å²) in [4.78, 5) is 23.8. The van der Waals surface area contributed by atoms with Crippen LogP contribution in [0.25, 0.3) is 0 Å². The molecule has 0 unspecified atom stereocenters. The van der Waals surface area contributed by atoms with Crippen LogP contribution < -0.4 is 5.32 Å². The van der Waals surface area contributed by atoms with Crippen molar-refractivity contribution in [3.63, 3.8) is 0 Å². The molecule has 18 heavy (non-hydrogen) atoms. The highest BCUT2D eigenvalue weighted by atomic mass is 35.5. The van der Waals surface area contributed by atoms with Gasteiger partial charge in [-0.1, -0.05) is 25.7 Å². The van der Waals surface area contributed by atoms with Crippen LogP contribution in [0.3, 0.4) is 0 Å². The summed E-state index contributed by atoms with van der Waals surface area (Å²) in [7, 11) is 1.94. The molecule has 6 heteroatoms. The molecule has 1 aliphatic carbocycles. The molecule has 1 amide bonds. The lowest BCUT2D eigenvalue weighted by Crippen LogP contribution is -2.41. The SMILES string of the molecule is CN(CC(=O)NCC(=O)O)C1CCCCCC1.Cl. The van der Waals surface area contributed by atoms with Gasteiger partial charge in [0, 0.05) is 6.04 Å². The second-order valence-electron chi connectivity index (χ2n) is 4.73. The number of nitrogens with zero attached hydrogens (tertiary/aromatic N) is 1. The molecule has 1 saturated carbocycles. The van der Waals surface area contributed by atoms with E-state index in [-0.39, 0.29) is 31.4 Å². The zero-order valence-corrected chi connectivity index (χ0v) is 11.7. The maximum atomic E-state index is 11.5. The van der Waals surface area contributed by atoms with E-state index < -0.39 is 5.97 Å². The Balaban J connectivity index is 0.00000289. The van der Waals surface area contributed by atoms with Crippen LogP contribution >= 0.6 is 12.4 Å². The molecular weight excluding hydrogens is 256 g/mol. The number of likely N-dealkylation sites (N-methyl/N-ethyl adjacent to an activating group) is 1. The van der Waals surface area contributed by atoms with E-state index in [2.05, 4.69) is 5.32 Å². The Morgan fingerprint density at radius 1 is 1.22 bits per heavy atom. The average molecular weight is 279 g/mol. The van der Waals surface area contributed by atoms with E-state index >= 15 is 0 Å². The van der Waals surface area contributed by atoms with E-state index in [0.717, 1.165) is 12.8 Å². The van der Waals surface area contributed by atoms with Crippen LogP contribution in [0.15, 0.2) is 0 Å². The van der Waals surface area contributed by atoms with Crippen LogP contribution in [0.2, 0.25) is 0 Å². The van der Waals surface area contributed by atoms with Crippen molar-refractivity contribution in [2.75, 3.05) is 20.1 Å². The first kappa shape index (κ1) is 17.2. The number of halogens is 1. The minimum atomic E-state index is -1.00. The normalized spacial score (nSPS) is 16.8. The smallest absolute Gasteiger partial charge is 0.322 e. The maximum Gasteiger partial charge on any atom is 0.322 e. The number of hydrogen-bond donors (Lipinski definition) is 2. The number of rotatable bonds is 5. The summed E-state index contributed by atoms with van der Waals surface area (Å²) < 4.78 is 0. The minimum absolute atomic E-state index is 0. The Morgan fingerprint density at radius 3 is 2.28 bits per heavy atom. The third-order valence-electron chi connectivity index (χ3n) is 3.28. The first-order chi connectivity index (χ1) is 8.09. The molecule has 0 bridgehead atoms. The maximum absolute atomic E-state index is 11.5. The van der Waals surface area contributed by atoms with E-state index in [0.29, 0.717) is 6.04 Å². The summed E-state index contributed by atoms with van der Waals surface area (Å²) in [5.74, 6) is -1.21. The molecule has 0 aromatic carbocycles. The van der Waals surface area contributed by atoms with Crippen molar-refractivity contribution in [1.29, 1.82) is 0 Å². The molecule has 1 fully saturated rings. The van der Waals surface area contributed by atoms with Crippen LogP contribution in [0.5, 0.6) is 0 Å². The van der Waals surface area contributed by atoms with E-state index in [1.165, 1.54) is 25.7 Å². The van der Waals surface area contributed by atoms with Crippen LogP contribution in [0.1, 0.15) is 38.5 Å². The van der Waals surface area contributed by atoms with Gasteiger partial charge in [0.25, 0.3) is 0 Å². The monoisotopic (exact) mass is 278 g/mol. The number of nitrogens with one attached hydrogen (secondary N) is 1. The van der Waals surface area contributed by atoms with Gasteiger partial charge in [0.05, 0.1) is 6.54 Å². The largest absolute Gasteiger partial charge is 0.480 e. The van der Waals surface area contributed by atoms with Crippen LogP contribution in [-0.2, 0) is 9.59 Å². The van der Waals surface area contributed by atoms with Crippen molar-refractivity contribution in [2.45, 2.75) is 44.6 Å². The summed E-state index contributed by atoms with van der Waals surface area (Å²) in [5, 5.41) is 10.8. The third kappa shape index (κ3) is 6.81. The fourth-order valence-electron chi connectivity index (χ4n) is 2.28. The molecule has 5 nitrogen and oxygen atoms in total. The Bertz CT molecular complexity index is 266. The minimum Gasteiger partial charge on any atom is -0.480 e. The second kappa shape index (κ2) is 9.16. The Hall–Kier alpha value is -0.810. The summed E-state index contributed by atoms with van der Waals surface area (Å²) >= 11 is 0. The molecule has 1 aliphatic rings. The van der Waals surface area contributed by atoms with Gasteiger partial charge >= 0.3 is 5.97 Å². The lowest BCUT2D eigenvalue weighted by atomic mass is 10.1. The molecule has 0 atom stereocenters. The van der Waals surface area contributed by atoms with Gasteiger partial charge in [-0.3, -0.25) is 14.5 Å². The van der Waals surface area contributed by atoms with Gasteiger partial charge < -0.3 is 10.4 Å². The van der Waals surface area contributed by atoms with Crippen LogP contribution in [0, 0.1) is 0 Å². The molecule has 2 N–H and O–H groups in total. The summed E-state index contributed by atoms with van der Waals surface area (Å²) in [5.41, 5.74) is 0. The molecule has 0 heterocycles. The van der Waals surface area contributed by atoms with E-state index in [1.807, 2.05) is 11.9 Å². The standard InChI is InChI=1S/C12H22N2O3.ClH/c1-14(9-11(15)13-8-12(16)17)10-6-4-2-3-5-7-10;/h10H,2-9H2,1H3,(H,13,15)(H,16,17);1H. The fourth-order valence-corrected chi connectivity index (χ4v) is 2.28. The van der Waals surface area contributed by atoms with Crippen LogP contribution in [0.4, 0.5) is 0 Å². The van der Waals surface area contributed by atoms with Gasteiger partial charge in [0.2, 0.25) is 5.91 Å². The number of carboxylic acid groups (broad SMARTS) is 1. The summed E-state index contributed by atoms with van der Waals surface area (Å²) in [6.07, 6.45) is 7.31. The average Bonchev–Trinajstić information content (AvgIpc) is 2.54. The molecule has 1 rings (SSSR count). The third-order valence-corrected chi connectivity index (χ3v) is 3.28. The highest BCUT2D eigenvalue weighted by molar-refractivity contribution is 5.85. The number of carbonyl (C=O) groups excluding carboxylic acids is 1. The molecule has 0 aromatic heterocycles. The Labute approximate surface area is 114 Å². The van der Waals surface area contributed by atoms with Crippen molar-refractivity contribution < 1.29 is 14.7 Å². The zero-order valence-electron chi connectivity index (χ0n) is 10.9. The quantitative estimate of drug-likeness (QED) is 0.743. The molecule has 0 aromatic rings. The number of amides is 1. The molecule has 0 saturated heterocycles. The number of carboxylic acids is 1. The van der Waals surface area contributed by atoms with Gasteiger partial charge in [-0.25, -0.2) is 0 Å². The lowest BCUT2D eigenvalue weighted by Gasteiger charge is -2.26. The Kier molecular flexibility index (Phi) is 8.75. The predicted molar refractivity (Wildman–Crippen MR) is 72.0 cm³/mol. The Morgan fingerprint density at radius 2 is 1.78 bits per heavy atom. The van der Waals surface area contributed by atoms with Crippen molar-refractivity contribution in [3.05, 3.63) is 0 Å². The predicted octanol–water partition coefficient (Wildman–Crippen LogP) is 1.26. The van der Waals surface area contributed by atoms with Crippen LogP contribution in [-0.4, -0.2) is 48.1 Å². The highest BCUT2D eigenvalue weighted by Gasteiger charge is 2.18.